The summed E-state index contributed by atoms with van der Waals surface area (Å²) in [6.45, 7) is 9.36. The van der Waals surface area contributed by atoms with Crippen LogP contribution in [0.25, 0.3) is 6.08 Å². The number of hydrogen-bond acceptors (Lipinski definition) is 7. The summed E-state index contributed by atoms with van der Waals surface area (Å²) < 4.78 is 5.24. The Balaban J connectivity index is 1.59. The van der Waals surface area contributed by atoms with E-state index < -0.39 is 17.7 Å². The highest BCUT2D eigenvalue weighted by atomic mass is 16.6. The summed E-state index contributed by atoms with van der Waals surface area (Å²) in [6.07, 6.45) is 1.73. The first kappa shape index (κ1) is 24.6. The van der Waals surface area contributed by atoms with Crippen molar-refractivity contribution < 1.29 is 19.4 Å². The van der Waals surface area contributed by atoms with Crippen LogP contribution in [0.15, 0.2) is 48.5 Å². The van der Waals surface area contributed by atoms with E-state index in [0.29, 0.717) is 17.0 Å². The molecule has 1 atom stereocenters. The maximum Gasteiger partial charge on any atom is 0.331 e. The van der Waals surface area contributed by atoms with Gasteiger partial charge in [0.1, 0.15) is 11.7 Å². The molecule has 1 saturated heterocycles. The van der Waals surface area contributed by atoms with Crippen molar-refractivity contribution in [2.75, 3.05) is 38.1 Å². The quantitative estimate of drug-likeness (QED) is 0.392. The lowest BCUT2D eigenvalue weighted by molar-refractivity contribution is -0.148. The Labute approximate surface area is 195 Å². The van der Waals surface area contributed by atoms with Gasteiger partial charge in [0.15, 0.2) is 5.78 Å². The largest absolute Gasteiger partial charge is 0.457 e. The van der Waals surface area contributed by atoms with Gasteiger partial charge in [0.05, 0.1) is 11.4 Å². The number of piperazine rings is 1. The van der Waals surface area contributed by atoms with Crippen LogP contribution in [0, 0.1) is 0 Å². The molecule has 2 heterocycles. The Bertz CT molecular complexity index is 987. The number of anilines is 1. The van der Waals surface area contributed by atoms with E-state index in [1.807, 2.05) is 24.3 Å². The van der Waals surface area contributed by atoms with Crippen LogP contribution < -0.4 is 4.90 Å². The van der Waals surface area contributed by atoms with Crippen molar-refractivity contribution in [2.45, 2.75) is 38.9 Å². The Morgan fingerprint density at radius 1 is 1.09 bits per heavy atom. The summed E-state index contributed by atoms with van der Waals surface area (Å²) in [4.78, 5) is 33.5. The van der Waals surface area contributed by atoms with Crippen LogP contribution in [0.4, 0.5) is 5.69 Å². The Morgan fingerprint density at radius 2 is 1.76 bits per heavy atom. The van der Waals surface area contributed by atoms with Gasteiger partial charge >= 0.3 is 5.97 Å². The second-order valence-electron chi connectivity index (χ2n) is 9.33. The van der Waals surface area contributed by atoms with Crippen molar-refractivity contribution in [3.63, 3.8) is 0 Å². The third-order valence-electron chi connectivity index (χ3n) is 5.37. The summed E-state index contributed by atoms with van der Waals surface area (Å²) in [5, 5.41) is 10.6. The number of likely N-dealkylation sites (N-methyl/N-ethyl adjacent to an activating group) is 1. The van der Waals surface area contributed by atoms with Crippen LogP contribution >= 0.6 is 0 Å². The fourth-order valence-corrected chi connectivity index (χ4v) is 3.56. The molecule has 0 saturated carbocycles. The summed E-state index contributed by atoms with van der Waals surface area (Å²) in [6, 6.07) is 12.7. The van der Waals surface area contributed by atoms with E-state index in [1.54, 1.807) is 39.0 Å². The van der Waals surface area contributed by atoms with Gasteiger partial charge in [-0.3, -0.25) is 9.78 Å². The van der Waals surface area contributed by atoms with Crippen LogP contribution in [-0.4, -0.2) is 65.6 Å². The second kappa shape index (κ2) is 10.7. The van der Waals surface area contributed by atoms with Crippen molar-refractivity contribution in [3.05, 3.63) is 65.5 Å². The molecule has 0 amide bonds. The zero-order chi connectivity index (χ0) is 24.0. The van der Waals surface area contributed by atoms with E-state index in [1.165, 1.54) is 12.2 Å². The Morgan fingerprint density at radius 3 is 2.39 bits per heavy atom. The van der Waals surface area contributed by atoms with Gasteiger partial charge < -0.3 is 19.6 Å². The van der Waals surface area contributed by atoms with Gasteiger partial charge in [-0.2, -0.15) is 0 Å². The van der Waals surface area contributed by atoms with Crippen molar-refractivity contribution in [1.29, 1.82) is 0 Å². The first-order valence-electron chi connectivity index (χ1n) is 11.2. The minimum absolute atomic E-state index is 0.0694. The van der Waals surface area contributed by atoms with Crippen LogP contribution in [-0.2, 0) is 9.53 Å². The van der Waals surface area contributed by atoms with E-state index >= 15 is 0 Å². The zero-order valence-corrected chi connectivity index (χ0v) is 19.8. The summed E-state index contributed by atoms with van der Waals surface area (Å²) in [5.41, 5.74) is 1.97. The maximum absolute atomic E-state index is 12.7. The number of aromatic nitrogens is 1. The van der Waals surface area contributed by atoms with Gasteiger partial charge in [0, 0.05) is 49.9 Å². The number of carbonyl (C=O) groups excluding carboxylic acids is 2. The molecule has 1 aliphatic rings. The average molecular weight is 452 g/mol. The molecule has 1 unspecified atom stereocenters. The van der Waals surface area contributed by atoms with E-state index in [0.717, 1.165) is 31.9 Å². The van der Waals surface area contributed by atoms with Crippen molar-refractivity contribution in [2.24, 2.45) is 0 Å². The normalized spacial score (nSPS) is 16.1. The number of hydrogen-bond donors (Lipinski definition) is 1. The highest BCUT2D eigenvalue weighted by molar-refractivity contribution is 5.96. The molecular formula is C26H33N3O4. The van der Waals surface area contributed by atoms with Gasteiger partial charge in [0.2, 0.25) is 0 Å². The van der Waals surface area contributed by atoms with Crippen LogP contribution in [0.5, 0.6) is 0 Å². The monoisotopic (exact) mass is 451 g/mol. The molecule has 7 nitrogen and oxygen atoms in total. The molecule has 1 N–H and O–H groups in total. The van der Waals surface area contributed by atoms with E-state index in [9.17, 15) is 14.7 Å². The first-order valence-corrected chi connectivity index (χ1v) is 11.2. The van der Waals surface area contributed by atoms with Crippen molar-refractivity contribution in [3.8, 4) is 0 Å². The minimum atomic E-state index is -1.04. The number of ether oxygens (including phenoxy) is 1. The molecule has 0 spiro atoms. The van der Waals surface area contributed by atoms with Crippen LogP contribution in [0.1, 0.15) is 55.0 Å². The lowest BCUT2D eigenvalue weighted by Crippen LogP contribution is -2.44. The topological polar surface area (TPSA) is 83.0 Å². The van der Waals surface area contributed by atoms with Crippen molar-refractivity contribution in [1.82, 2.24) is 9.88 Å². The first-order chi connectivity index (χ1) is 15.6. The highest BCUT2D eigenvalue weighted by Crippen LogP contribution is 2.21. The van der Waals surface area contributed by atoms with Gasteiger partial charge in [-0.25, -0.2) is 4.79 Å². The Kier molecular flexibility index (Phi) is 8.00. The molecule has 1 aromatic carbocycles. The highest BCUT2D eigenvalue weighted by Gasteiger charge is 2.18. The number of rotatable bonds is 7. The zero-order valence-electron chi connectivity index (χ0n) is 19.8. The van der Waals surface area contributed by atoms with Gasteiger partial charge in [-0.05, 0) is 70.3 Å². The number of carbonyl (C=O) groups is 2. The molecule has 0 bridgehead atoms. The number of ketones is 1. The number of pyridine rings is 1. The lowest BCUT2D eigenvalue weighted by Gasteiger charge is -2.34. The Hall–Kier alpha value is -3.03. The van der Waals surface area contributed by atoms with Gasteiger partial charge in [-0.15, -0.1) is 0 Å². The van der Waals surface area contributed by atoms with Gasteiger partial charge in [-0.1, -0.05) is 6.07 Å². The number of Topliss-reactive ketones (excluding diaryl/α,β-unsaturated/α-hetero) is 1. The molecule has 1 fully saturated rings. The summed E-state index contributed by atoms with van der Waals surface area (Å²) in [5.74, 6) is -0.616. The minimum Gasteiger partial charge on any atom is -0.457 e. The predicted octanol–water partition coefficient (Wildman–Crippen LogP) is 3.49. The summed E-state index contributed by atoms with van der Waals surface area (Å²) in [7, 11) is 2.12. The molecule has 0 aliphatic carbocycles. The SMILES string of the molecule is CN1CCN(c2ccc(C(=O)CC(O)c3cccc(C=CC(=O)OC(C)(C)C)n3)cc2)CC1. The molecule has 1 aliphatic heterocycles. The van der Waals surface area contributed by atoms with Crippen LogP contribution in [0.3, 0.4) is 0 Å². The number of benzene rings is 1. The lowest BCUT2D eigenvalue weighted by atomic mass is 10.0. The number of aliphatic hydroxyl groups is 1. The molecule has 0 radical (unpaired) electrons. The molecular weight excluding hydrogens is 418 g/mol. The number of esters is 1. The molecule has 1 aromatic heterocycles. The van der Waals surface area contributed by atoms with Crippen LogP contribution in [0.2, 0.25) is 0 Å². The van der Waals surface area contributed by atoms with Gasteiger partial charge in [0.25, 0.3) is 0 Å². The second-order valence-corrected chi connectivity index (χ2v) is 9.33. The standard InChI is InChI=1S/C26H33N3O4/c1-26(2,3)33-25(32)13-10-20-6-5-7-22(27-20)24(31)18-23(30)19-8-11-21(12-9-19)29-16-14-28(4)15-17-29/h5-13,24,31H,14-18H2,1-4H3. The fraction of sp³-hybridized carbons (Fsp3) is 0.423. The molecule has 3 rings (SSSR count). The molecule has 7 heteroatoms. The van der Waals surface area contributed by atoms with E-state index in [4.69, 9.17) is 4.74 Å². The fourth-order valence-electron chi connectivity index (χ4n) is 3.56. The smallest absolute Gasteiger partial charge is 0.331 e. The molecule has 176 valence electrons. The third-order valence-corrected chi connectivity index (χ3v) is 5.37. The van der Waals surface area contributed by atoms with E-state index in [2.05, 4.69) is 21.8 Å². The maximum atomic E-state index is 12.7. The van der Waals surface area contributed by atoms with Crippen molar-refractivity contribution >= 4 is 23.5 Å². The third kappa shape index (κ3) is 7.51. The average Bonchev–Trinajstić information content (AvgIpc) is 2.77. The predicted molar refractivity (Wildman–Crippen MR) is 129 cm³/mol. The molecule has 2 aromatic rings. The summed E-state index contributed by atoms with van der Waals surface area (Å²) >= 11 is 0. The number of nitrogens with zero attached hydrogens (tertiary/aromatic N) is 3. The van der Waals surface area contributed by atoms with E-state index in [-0.39, 0.29) is 12.2 Å². The number of aliphatic hydroxyl groups excluding tert-OH is 1. The molecule has 33 heavy (non-hydrogen) atoms.